The molecular weight excluding hydrogens is 412 g/mol. The third-order valence-electron chi connectivity index (χ3n) is 2.87. The number of amides is 1. The lowest BCUT2D eigenvalue weighted by Gasteiger charge is -2.16. The molecule has 0 saturated heterocycles. The molecule has 6 heteroatoms. The molecule has 0 spiro atoms. The number of benzene rings is 2. The van der Waals surface area contributed by atoms with Gasteiger partial charge in [0.15, 0.2) is 6.10 Å². The van der Waals surface area contributed by atoms with Crippen LogP contribution in [0.4, 0.5) is 5.69 Å². The van der Waals surface area contributed by atoms with Crippen molar-refractivity contribution in [2.24, 2.45) is 0 Å². The van der Waals surface area contributed by atoms with E-state index in [0.29, 0.717) is 17.0 Å². The number of nitriles is 1. The molecule has 2 rings (SSSR count). The SMILES string of the molecule is CC(Oc1ccc(Br)cc1Br)C(=O)Nc1ccccc1C#N. The fraction of sp³-hybridized carbons (Fsp3) is 0.125. The van der Waals surface area contributed by atoms with E-state index >= 15 is 0 Å². The Bertz CT molecular complexity index is 741. The Morgan fingerprint density at radius 1 is 1.27 bits per heavy atom. The zero-order valence-corrected chi connectivity index (χ0v) is 14.8. The number of rotatable bonds is 4. The van der Waals surface area contributed by atoms with Gasteiger partial charge in [0.1, 0.15) is 11.8 Å². The topological polar surface area (TPSA) is 62.1 Å². The molecule has 0 radical (unpaired) electrons. The lowest BCUT2D eigenvalue weighted by Crippen LogP contribution is -2.30. The Kier molecular flexibility index (Phi) is 5.58. The van der Waals surface area contributed by atoms with Gasteiger partial charge in [-0.3, -0.25) is 4.79 Å². The predicted octanol–water partition coefficient (Wildman–Crippen LogP) is 4.49. The van der Waals surface area contributed by atoms with E-state index < -0.39 is 6.10 Å². The summed E-state index contributed by atoms with van der Waals surface area (Å²) in [6, 6.07) is 14.3. The normalized spacial score (nSPS) is 11.4. The zero-order chi connectivity index (χ0) is 16.1. The molecule has 1 N–H and O–H groups in total. The van der Waals surface area contributed by atoms with Crippen molar-refractivity contribution in [2.75, 3.05) is 5.32 Å². The summed E-state index contributed by atoms with van der Waals surface area (Å²) in [5.74, 6) is 0.247. The van der Waals surface area contributed by atoms with Gasteiger partial charge < -0.3 is 10.1 Å². The number of carbonyl (C=O) groups excluding carboxylic acids is 1. The van der Waals surface area contributed by atoms with Crippen molar-refractivity contribution >= 4 is 43.5 Å². The van der Waals surface area contributed by atoms with E-state index in [-0.39, 0.29) is 5.91 Å². The van der Waals surface area contributed by atoms with Crippen molar-refractivity contribution in [1.29, 1.82) is 5.26 Å². The molecule has 0 fully saturated rings. The molecule has 22 heavy (non-hydrogen) atoms. The first-order valence-electron chi connectivity index (χ1n) is 6.43. The highest BCUT2D eigenvalue weighted by molar-refractivity contribution is 9.11. The van der Waals surface area contributed by atoms with Crippen molar-refractivity contribution in [3.05, 3.63) is 57.0 Å². The molecule has 1 atom stereocenters. The van der Waals surface area contributed by atoms with Gasteiger partial charge >= 0.3 is 0 Å². The molecule has 0 aliphatic rings. The molecule has 2 aromatic carbocycles. The second kappa shape index (κ2) is 7.43. The Morgan fingerprint density at radius 2 is 2.00 bits per heavy atom. The van der Waals surface area contributed by atoms with Gasteiger partial charge in [-0.05, 0) is 53.2 Å². The number of nitrogens with one attached hydrogen (secondary N) is 1. The maximum Gasteiger partial charge on any atom is 0.265 e. The second-order valence-corrected chi connectivity index (χ2v) is 6.25. The fourth-order valence-corrected chi connectivity index (χ4v) is 2.88. The van der Waals surface area contributed by atoms with Crippen LogP contribution in [0.3, 0.4) is 0 Å². The molecule has 0 bridgehead atoms. The third kappa shape index (κ3) is 4.09. The van der Waals surface area contributed by atoms with Crippen molar-refractivity contribution in [3.8, 4) is 11.8 Å². The number of anilines is 1. The quantitative estimate of drug-likeness (QED) is 0.787. The standard InChI is InChI=1S/C16H12Br2N2O2/c1-10(22-15-7-6-12(17)8-13(15)18)16(21)20-14-5-3-2-4-11(14)9-19/h2-8,10H,1H3,(H,20,21). The van der Waals surface area contributed by atoms with Gasteiger partial charge in [-0.25, -0.2) is 0 Å². The van der Waals surface area contributed by atoms with Crippen molar-refractivity contribution < 1.29 is 9.53 Å². The molecule has 1 unspecified atom stereocenters. The maximum atomic E-state index is 12.2. The summed E-state index contributed by atoms with van der Waals surface area (Å²) >= 11 is 6.74. The number of hydrogen-bond donors (Lipinski definition) is 1. The van der Waals surface area contributed by atoms with E-state index in [1.165, 1.54) is 0 Å². The van der Waals surface area contributed by atoms with Crippen molar-refractivity contribution in [3.63, 3.8) is 0 Å². The summed E-state index contributed by atoms with van der Waals surface area (Å²) in [7, 11) is 0. The van der Waals surface area contributed by atoms with E-state index in [1.54, 1.807) is 37.3 Å². The van der Waals surface area contributed by atoms with Crippen LogP contribution in [0.2, 0.25) is 0 Å². The van der Waals surface area contributed by atoms with Crippen LogP contribution in [-0.2, 0) is 4.79 Å². The highest BCUT2D eigenvalue weighted by Gasteiger charge is 2.17. The minimum Gasteiger partial charge on any atom is -0.480 e. The first-order chi connectivity index (χ1) is 10.5. The number of carbonyl (C=O) groups is 1. The van der Waals surface area contributed by atoms with Crippen LogP contribution in [0.5, 0.6) is 5.75 Å². The average molecular weight is 424 g/mol. The van der Waals surface area contributed by atoms with Crippen LogP contribution in [0, 0.1) is 11.3 Å². The average Bonchev–Trinajstić information content (AvgIpc) is 2.50. The first kappa shape index (κ1) is 16.5. The van der Waals surface area contributed by atoms with Crippen LogP contribution < -0.4 is 10.1 Å². The number of halogens is 2. The van der Waals surface area contributed by atoms with Gasteiger partial charge in [-0.15, -0.1) is 0 Å². The molecule has 0 saturated carbocycles. The minimum atomic E-state index is -0.704. The second-order valence-electron chi connectivity index (χ2n) is 4.48. The van der Waals surface area contributed by atoms with Crippen molar-refractivity contribution in [1.82, 2.24) is 0 Å². The van der Waals surface area contributed by atoms with E-state index in [0.717, 1.165) is 8.95 Å². The summed E-state index contributed by atoms with van der Waals surface area (Å²) in [5, 5.41) is 11.7. The summed E-state index contributed by atoms with van der Waals surface area (Å²) < 4.78 is 7.30. The molecule has 0 aromatic heterocycles. The maximum absolute atomic E-state index is 12.2. The highest BCUT2D eigenvalue weighted by atomic mass is 79.9. The summed E-state index contributed by atoms with van der Waals surface area (Å²) in [6.07, 6.45) is -0.704. The van der Waals surface area contributed by atoms with E-state index in [2.05, 4.69) is 37.2 Å². The van der Waals surface area contributed by atoms with Crippen LogP contribution in [0.25, 0.3) is 0 Å². The molecule has 0 heterocycles. The lowest BCUT2D eigenvalue weighted by atomic mass is 10.2. The Labute approximate surface area is 145 Å². The number of ether oxygens (including phenoxy) is 1. The van der Waals surface area contributed by atoms with Gasteiger partial charge in [0, 0.05) is 4.47 Å². The van der Waals surface area contributed by atoms with Gasteiger partial charge in [-0.1, -0.05) is 28.1 Å². The molecule has 0 aliphatic heterocycles. The smallest absolute Gasteiger partial charge is 0.265 e. The number of hydrogen-bond acceptors (Lipinski definition) is 3. The molecule has 4 nitrogen and oxygen atoms in total. The third-order valence-corrected chi connectivity index (χ3v) is 3.99. The van der Waals surface area contributed by atoms with Crippen LogP contribution >= 0.6 is 31.9 Å². The lowest BCUT2D eigenvalue weighted by molar-refractivity contribution is -0.122. The van der Waals surface area contributed by atoms with E-state index in [1.807, 2.05) is 18.2 Å². The molecule has 1 amide bonds. The van der Waals surface area contributed by atoms with Gasteiger partial charge in [0.2, 0.25) is 0 Å². The van der Waals surface area contributed by atoms with E-state index in [9.17, 15) is 4.79 Å². The Balaban J connectivity index is 2.08. The molecule has 112 valence electrons. The minimum absolute atomic E-state index is 0.322. The fourth-order valence-electron chi connectivity index (χ4n) is 1.74. The summed E-state index contributed by atoms with van der Waals surface area (Å²) in [4.78, 5) is 12.2. The van der Waals surface area contributed by atoms with E-state index in [4.69, 9.17) is 10.00 Å². The molecular formula is C16H12Br2N2O2. The van der Waals surface area contributed by atoms with Crippen LogP contribution in [0.15, 0.2) is 51.4 Å². The number of nitrogens with zero attached hydrogens (tertiary/aromatic N) is 1. The Hall–Kier alpha value is -1.84. The molecule has 2 aromatic rings. The number of para-hydroxylation sites is 1. The largest absolute Gasteiger partial charge is 0.480 e. The highest BCUT2D eigenvalue weighted by Crippen LogP contribution is 2.29. The van der Waals surface area contributed by atoms with Crippen LogP contribution in [-0.4, -0.2) is 12.0 Å². The zero-order valence-electron chi connectivity index (χ0n) is 11.6. The first-order valence-corrected chi connectivity index (χ1v) is 8.01. The van der Waals surface area contributed by atoms with Gasteiger partial charge in [0.05, 0.1) is 15.7 Å². The van der Waals surface area contributed by atoms with Crippen LogP contribution in [0.1, 0.15) is 12.5 Å². The van der Waals surface area contributed by atoms with Gasteiger partial charge in [0.25, 0.3) is 5.91 Å². The van der Waals surface area contributed by atoms with Gasteiger partial charge in [-0.2, -0.15) is 5.26 Å². The monoisotopic (exact) mass is 422 g/mol. The van der Waals surface area contributed by atoms with Crippen molar-refractivity contribution in [2.45, 2.75) is 13.0 Å². The Morgan fingerprint density at radius 3 is 2.68 bits per heavy atom. The summed E-state index contributed by atoms with van der Waals surface area (Å²) in [5.41, 5.74) is 0.883. The predicted molar refractivity (Wildman–Crippen MR) is 91.7 cm³/mol. The molecule has 0 aliphatic carbocycles. The summed E-state index contributed by atoms with van der Waals surface area (Å²) in [6.45, 7) is 1.65.